The smallest absolute Gasteiger partial charge is 0.252 e. The Bertz CT molecular complexity index is 1230. The minimum Gasteiger partial charge on any atom is -0.395 e. The number of piperazine rings is 1. The summed E-state index contributed by atoms with van der Waals surface area (Å²) in [5.74, 6) is -0.278. The molecule has 1 N–H and O–H groups in total. The third-order valence-corrected chi connectivity index (χ3v) is 6.44. The molecule has 1 fully saturated rings. The van der Waals surface area contributed by atoms with Gasteiger partial charge in [0.1, 0.15) is 23.1 Å². The number of aryl methyl sites for hydroxylation is 1. The molecule has 3 aromatic rings. The van der Waals surface area contributed by atoms with Crippen LogP contribution in [-0.4, -0.2) is 51.3 Å². The highest BCUT2D eigenvalue weighted by molar-refractivity contribution is 5.89. The monoisotopic (exact) mass is 435 g/mol. The van der Waals surface area contributed by atoms with E-state index in [-0.39, 0.29) is 41.8 Å². The second-order valence-corrected chi connectivity index (χ2v) is 8.36. The second-order valence-electron chi connectivity index (χ2n) is 8.36. The minimum atomic E-state index is -0.278. The number of pyridine rings is 2. The Morgan fingerprint density at radius 3 is 2.62 bits per heavy atom. The van der Waals surface area contributed by atoms with Gasteiger partial charge < -0.3 is 14.6 Å². The quantitative estimate of drug-likeness (QED) is 0.678. The van der Waals surface area contributed by atoms with Crippen molar-refractivity contribution in [2.24, 2.45) is 7.05 Å². The lowest BCUT2D eigenvalue weighted by molar-refractivity contribution is 0.0655. The molecule has 1 aromatic carbocycles. The van der Waals surface area contributed by atoms with Crippen LogP contribution < -0.4 is 10.5 Å². The van der Waals surface area contributed by atoms with E-state index in [0.29, 0.717) is 29.8 Å². The van der Waals surface area contributed by atoms with Gasteiger partial charge in [0.25, 0.3) is 5.56 Å². The van der Waals surface area contributed by atoms with E-state index in [1.54, 1.807) is 37.4 Å². The van der Waals surface area contributed by atoms with E-state index in [1.165, 1.54) is 16.7 Å². The summed E-state index contributed by atoms with van der Waals surface area (Å²) >= 11 is 0. The summed E-state index contributed by atoms with van der Waals surface area (Å²) in [6.45, 7) is 5.18. The van der Waals surface area contributed by atoms with Gasteiger partial charge in [-0.05, 0) is 43.7 Å². The molecule has 2 unspecified atom stereocenters. The highest BCUT2D eigenvalue weighted by Gasteiger charge is 2.35. The summed E-state index contributed by atoms with van der Waals surface area (Å²) in [7, 11) is 1.68. The number of benzene rings is 1. The first-order valence-corrected chi connectivity index (χ1v) is 10.6. The van der Waals surface area contributed by atoms with Crippen molar-refractivity contribution in [3.05, 3.63) is 69.9 Å². The molecule has 0 radical (unpaired) electrons. The molecule has 32 heavy (non-hydrogen) atoms. The number of aromatic nitrogens is 2. The van der Waals surface area contributed by atoms with Crippen molar-refractivity contribution in [3.8, 4) is 6.07 Å². The number of aliphatic hydroxyl groups excluding tert-OH is 1. The van der Waals surface area contributed by atoms with Crippen LogP contribution in [-0.2, 0) is 7.05 Å². The third kappa shape index (κ3) is 3.85. The Morgan fingerprint density at radius 2 is 1.97 bits per heavy atom. The van der Waals surface area contributed by atoms with Crippen LogP contribution in [0.4, 0.5) is 10.1 Å². The molecule has 2 aromatic heterocycles. The van der Waals surface area contributed by atoms with Crippen LogP contribution in [0, 0.1) is 17.1 Å². The van der Waals surface area contributed by atoms with Crippen molar-refractivity contribution >= 4 is 16.7 Å². The molecule has 0 spiro atoms. The van der Waals surface area contributed by atoms with Crippen LogP contribution in [0.3, 0.4) is 0 Å². The minimum absolute atomic E-state index is 0.0129. The molecule has 0 aliphatic carbocycles. The molecule has 3 heterocycles. The number of anilines is 1. The SMILES string of the molecule is CC(c1ccc(F)cc1)N1C[C@@H](C)N(c2cc(=O)n(C)c3ccc(C#N)nc23)CC1CO. The van der Waals surface area contributed by atoms with Gasteiger partial charge in [0, 0.05) is 38.3 Å². The molecule has 1 aliphatic rings. The first-order chi connectivity index (χ1) is 15.3. The topological polar surface area (TPSA) is 85.4 Å². The molecular weight excluding hydrogens is 409 g/mol. The molecule has 4 rings (SSSR count). The normalized spacial score (nSPS) is 20.3. The van der Waals surface area contributed by atoms with Crippen molar-refractivity contribution in [2.45, 2.75) is 32.0 Å². The lowest BCUT2D eigenvalue weighted by atomic mass is 9.99. The zero-order chi connectivity index (χ0) is 23.0. The van der Waals surface area contributed by atoms with E-state index in [2.05, 4.69) is 27.8 Å². The lowest BCUT2D eigenvalue weighted by Crippen LogP contribution is -2.59. The van der Waals surface area contributed by atoms with Gasteiger partial charge >= 0.3 is 0 Å². The maximum absolute atomic E-state index is 13.4. The van der Waals surface area contributed by atoms with Gasteiger partial charge in [-0.2, -0.15) is 5.26 Å². The third-order valence-electron chi connectivity index (χ3n) is 6.44. The summed E-state index contributed by atoms with van der Waals surface area (Å²) in [5, 5.41) is 19.5. The standard InChI is InChI=1S/C24H26FN5O2/c1-15-12-30(16(2)17-4-6-18(25)7-5-17)20(14-31)13-29(15)22-10-23(32)28(3)21-9-8-19(11-26)27-24(21)22/h4-10,15-16,20,31H,12-14H2,1-3H3/t15-,16?,20?/m1/s1. The Balaban J connectivity index is 1.72. The summed E-state index contributed by atoms with van der Waals surface area (Å²) < 4.78 is 14.9. The number of halogens is 1. The summed E-state index contributed by atoms with van der Waals surface area (Å²) in [6.07, 6.45) is 0. The molecule has 1 aliphatic heterocycles. The predicted molar refractivity (Wildman–Crippen MR) is 121 cm³/mol. The zero-order valence-corrected chi connectivity index (χ0v) is 18.4. The fourth-order valence-electron chi connectivity index (χ4n) is 4.56. The fourth-order valence-corrected chi connectivity index (χ4v) is 4.56. The van der Waals surface area contributed by atoms with Crippen LogP contribution in [0.5, 0.6) is 0 Å². The van der Waals surface area contributed by atoms with E-state index in [9.17, 15) is 19.6 Å². The van der Waals surface area contributed by atoms with Gasteiger partial charge in [-0.1, -0.05) is 12.1 Å². The average molecular weight is 436 g/mol. The number of hydrogen-bond acceptors (Lipinski definition) is 6. The number of nitrogens with zero attached hydrogens (tertiary/aromatic N) is 5. The van der Waals surface area contributed by atoms with Crippen molar-refractivity contribution in [2.75, 3.05) is 24.6 Å². The molecule has 7 nitrogen and oxygen atoms in total. The maximum Gasteiger partial charge on any atom is 0.252 e. The Labute approximate surface area is 185 Å². The lowest BCUT2D eigenvalue weighted by Gasteiger charge is -2.48. The predicted octanol–water partition coefficient (Wildman–Crippen LogP) is 2.58. The van der Waals surface area contributed by atoms with E-state index >= 15 is 0 Å². The van der Waals surface area contributed by atoms with Crippen molar-refractivity contribution in [1.29, 1.82) is 5.26 Å². The number of aliphatic hydroxyl groups is 1. The first kappa shape index (κ1) is 21.9. The highest BCUT2D eigenvalue weighted by atomic mass is 19.1. The van der Waals surface area contributed by atoms with Gasteiger partial charge in [0.2, 0.25) is 0 Å². The molecule has 166 valence electrons. The Morgan fingerprint density at radius 1 is 1.25 bits per heavy atom. The van der Waals surface area contributed by atoms with Crippen molar-refractivity contribution < 1.29 is 9.50 Å². The van der Waals surface area contributed by atoms with Gasteiger partial charge in [-0.15, -0.1) is 0 Å². The summed E-state index contributed by atoms with van der Waals surface area (Å²) in [6, 6.07) is 13.2. The largest absolute Gasteiger partial charge is 0.395 e. The van der Waals surface area contributed by atoms with Gasteiger partial charge in [0.05, 0.1) is 23.9 Å². The van der Waals surface area contributed by atoms with Crippen molar-refractivity contribution in [1.82, 2.24) is 14.5 Å². The van der Waals surface area contributed by atoms with Gasteiger partial charge in [0.15, 0.2) is 0 Å². The number of hydrogen-bond donors (Lipinski definition) is 1. The first-order valence-electron chi connectivity index (χ1n) is 10.6. The molecule has 1 saturated heterocycles. The van der Waals surface area contributed by atoms with E-state index in [1.807, 2.05) is 6.92 Å². The molecular formula is C24H26FN5O2. The molecule has 0 bridgehead atoms. The van der Waals surface area contributed by atoms with E-state index in [0.717, 1.165) is 5.56 Å². The molecule has 8 heteroatoms. The number of rotatable bonds is 4. The number of fused-ring (bicyclic) bond motifs is 1. The molecule has 0 amide bonds. The molecule has 0 saturated carbocycles. The Hall–Kier alpha value is -3.28. The van der Waals surface area contributed by atoms with E-state index in [4.69, 9.17) is 0 Å². The Kier molecular flexibility index (Phi) is 5.96. The summed E-state index contributed by atoms with van der Waals surface area (Å²) in [4.78, 5) is 21.4. The van der Waals surface area contributed by atoms with Crippen LogP contribution in [0.2, 0.25) is 0 Å². The van der Waals surface area contributed by atoms with Crippen LogP contribution in [0.1, 0.15) is 31.1 Å². The van der Waals surface area contributed by atoms with Crippen LogP contribution in [0.25, 0.3) is 11.0 Å². The fraction of sp³-hybridized carbons (Fsp3) is 0.375. The van der Waals surface area contributed by atoms with Gasteiger partial charge in [-0.25, -0.2) is 9.37 Å². The molecule has 3 atom stereocenters. The maximum atomic E-state index is 13.4. The average Bonchev–Trinajstić information content (AvgIpc) is 2.81. The second kappa shape index (κ2) is 8.69. The number of nitriles is 1. The van der Waals surface area contributed by atoms with Gasteiger partial charge in [-0.3, -0.25) is 9.69 Å². The van der Waals surface area contributed by atoms with Crippen LogP contribution in [0.15, 0.2) is 47.3 Å². The summed E-state index contributed by atoms with van der Waals surface area (Å²) in [5.41, 5.74) is 3.02. The highest BCUT2D eigenvalue weighted by Crippen LogP contribution is 2.32. The van der Waals surface area contributed by atoms with Crippen molar-refractivity contribution in [3.63, 3.8) is 0 Å². The zero-order valence-electron chi connectivity index (χ0n) is 18.4. The van der Waals surface area contributed by atoms with E-state index < -0.39 is 0 Å². The van der Waals surface area contributed by atoms with Crippen LogP contribution >= 0.6 is 0 Å².